The van der Waals surface area contributed by atoms with Crippen LogP contribution in [0.5, 0.6) is 0 Å². The second-order valence-electron chi connectivity index (χ2n) is 5.68. The third-order valence-electron chi connectivity index (χ3n) is 3.75. The summed E-state index contributed by atoms with van der Waals surface area (Å²) in [5, 5.41) is 0. The zero-order chi connectivity index (χ0) is 17.7. The van der Waals surface area contributed by atoms with Gasteiger partial charge in [-0.1, -0.05) is 12.1 Å². The molecule has 0 amide bonds. The lowest BCUT2D eigenvalue weighted by atomic mass is 10.2. The van der Waals surface area contributed by atoms with Gasteiger partial charge in [-0.25, -0.2) is 0 Å². The lowest BCUT2D eigenvalue weighted by molar-refractivity contribution is -0.139. The number of hydrogen-bond acceptors (Lipinski definition) is 4. The average molecular weight is 345 g/mol. The SMILES string of the molecule is CCOC(=O)CSCC(=O)c1cc(C)n(-c2cccc(C)c2)c1C. The van der Waals surface area contributed by atoms with Crippen LogP contribution in [0, 0.1) is 20.8 Å². The van der Waals surface area contributed by atoms with E-state index >= 15 is 0 Å². The molecule has 1 heterocycles. The molecule has 0 N–H and O–H groups in total. The molecule has 0 fully saturated rings. The third kappa shape index (κ3) is 4.29. The summed E-state index contributed by atoms with van der Waals surface area (Å²) in [5.74, 6) is 0.240. The summed E-state index contributed by atoms with van der Waals surface area (Å²) in [6.45, 7) is 8.14. The number of aryl methyl sites for hydroxylation is 2. The molecule has 0 aliphatic carbocycles. The molecule has 0 radical (unpaired) electrons. The molecule has 0 aliphatic heterocycles. The molecule has 0 bridgehead atoms. The van der Waals surface area contributed by atoms with Gasteiger partial charge in [0.25, 0.3) is 0 Å². The Balaban J connectivity index is 2.13. The van der Waals surface area contributed by atoms with Crippen molar-refractivity contribution in [3.05, 3.63) is 52.8 Å². The highest BCUT2D eigenvalue weighted by atomic mass is 32.2. The van der Waals surface area contributed by atoms with Gasteiger partial charge in [0, 0.05) is 22.6 Å². The number of ether oxygens (including phenoxy) is 1. The van der Waals surface area contributed by atoms with Crippen molar-refractivity contribution in [3.63, 3.8) is 0 Å². The molecule has 0 unspecified atom stereocenters. The van der Waals surface area contributed by atoms with Crippen LogP contribution < -0.4 is 0 Å². The summed E-state index contributed by atoms with van der Waals surface area (Å²) in [6.07, 6.45) is 0. The van der Waals surface area contributed by atoms with E-state index in [2.05, 4.69) is 23.6 Å². The molecule has 0 spiro atoms. The number of carbonyl (C=O) groups is 2. The van der Waals surface area contributed by atoms with Gasteiger partial charge in [0.05, 0.1) is 18.1 Å². The summed E-state index contributed by atoms with van der Waals surface area (Å²) in [6, 6.07) is 10.1. The van der Waals surface area contributed by atoms with Crippen LogP contribution in [0.2, 0.25) is 0 Å². The highest BCUT2D eigenvalue weighted by Crippen LogP contribution is 2.22. The van der Waals surface area contributed by atoms with Gasteiger partial charge in [0.2, 0.25) is 0 Å². The number of thioether (sulfide) groups is 1. The number of ketones is 1. The maximum absolute atomic E-state index is 12.5. The highest BCUT2D eigenvalue weighted by molar-refractivity contribution is 8.00. The summed E-state index contributed by atoms with van der Waals surface area (Å²) >= 11 is 1.29. The van der Waals surface area contributed by atoms with E-state index in [0.29, 0.717) is 12.2 Å². The molecular weight excluding hydrogens is 322 g/mol. The molecule has 2 aromatic rings. The fraction of sp³-hybridized carbons (Fsp3) is 0.368. The number of carbonyl (C=O) groups excluding carboxylic acids is 2. The van der Waals surface area contributed by atoms with Crippen LogP contribution in [0.15, 0.2) is 30.3 Å². The highest BCUT2D eigenvalue weighted by Gasteiger charge is 2.17. The largest absolute Gasteiger partial charge is 0.465 e. The van der Waals surface area contributed by atoms with E-state index in [0.717, 1.165) is 17.1 Å². The number of benzene rings is 1. The van der Waals surface area contributed by atoms with Crippen LogP contribution in [-0.2, 0) is 9.53 Å². The van der Waals surface area contributed by atoms with Crippen molar-refractivity contribution in [3.8, 4) is 5.69 Å². The van der Waals surface area contributed by atoms with E-state index in [1.807, 2.05) is 32.0 Å². The first-order valence-electron chi connectivity index (χ1n) is 7.96. The fourth-order valence-electron chi connectivity index (χ4n) is 2.72. The van der Waals surface area contributed by atoms with Gasteiger partial charge in [-0.2, -0.15) is 0 Å². The summed E-state index contributed by atoms with van der Waals surface area (Å²) in [5.41, 5.74) is 4.91. The van der Waals surface area contributed by atoms with Gasteiger partial charge in [-0.3, -0.25) is 9.59 Å². The van der Waals surface area contributed by atoms with Crippen molar-refractivity contribution in [2.45, 2.75) is 27.7 Å². The smallest absolute Gasteiger partial charge is 0.315 e. The minimum absolute atomic E-state index is 0.0382. The van der Waals surface area contributed by atoms with Gasteiger partial charge < -0.3 is 9.30 Å². The first-order valence-corrected chi connectivity index (χ1v) is 9.12. The van der Waals surface area contributed by atoms with Gasteiger partial charge in [0.1, 0.15) is 0 Å². The minimum atomic E-state index is -0.277. The lowest BCUT2D eigenvalue weighted by Gasteiger charge is -2.10. The molecule has 0 saturated heterocycles. The van der Waals surface area contributed by atoms with Crippen LogP contribution in [0.1, 0.15) is 34.2 Å². The molecule has 0 saturated carbocycles. The monoisotopic (exact) mass is 345 g/mol. The Hall–Kier alpha value is -2.01. The Labute approximate surface area is 147 Å². The van der Waals surface area contributed by atoms with Crippen LogP contribution in [0.25, 0.3) is 5.69 Å². The minimum Gasteiger partial charge on any atom is -0.465 e. The van der Waals surface area contributed by atoms with Crippen molar-refractivity contribution in [2.24, 2.45) is 0 Å². The van der Waals surface area contributed by atoms with Gasteiger partial charge in [0.15, 0.2) is 5.78 Å². The van der Waals surface area contributed by atoms with E-state index in [1.165, 1.54) is 17.3 Å². The molecule has 0 aliphatic rings. The molecule has 1 aromatic heterocycles. The number of hydrogen-bond donors (Lipinski definition) is 0. The van der Waals surface area contributed by atoms with Crippen LogP contribution >= 0.6 is 11.8 Å². The Morgan fingerprint density at radius 2 is 1.88 bits per heavy atom. The molecule has 5 heteroatoms. The zero-order valence-electron chi connectivity index (χ0n) is 14.6. The Bertz CT molecular complexity index is 749. The average Bonchev–Trinajstić information content (AvgIpc) is 2.82. The van der Waals surface area contributed by atoms with E-state index in [9.17, 15) is 9.59 Å². The first kappa shape index (κ1) is 18.3. The Kier molecular flexibility index (Phi) is 6.26. The topological polar surface area (TPSA) is 48.3 Å². The molecule has 0 atom stereocenters. The molecular formula is C19H23NO3S. The number of esters is 1. The third-order valence-corrected chi connectivity index (χ3v) is 4.66. The van der Waals surface area contributed by atoms with Crippen molar-refractivity contribution in [1.29, 1.82) is 0 Å². The Morgan fingerprint density at radius 3 is 2.54 bits per heavy atom. The number of aromatic nitrogens is 1. The molecule has 2 rings (SSSR count). The van der Waals surface area contributed by atoms with E-state index in [-0.39, 0.29) is 23.3 Å². The van der Waals surface area contributed by atoms with Crippen molar-refractivity contribution >= 4 is 23.5 Å². The quantitative estimate of drug-likeness (QED) is 0.564. The van der Waals surface area contributed by atoms with Crippen LogP contribution in [0.4, 0.5) is 0 Å². The standard InChI is InChI=1S/C19H23NO3S/c1-5-23-19(22)12-24-11-18(21)17-10-14(3)20(15(17)4)16-8-6-7-13(2)9-16/h6-10H,5,11-12H2,1-4H3. The van der Waals surface area contributed by atoms with Crippen LogP contribution in [0.3, 0.4) is 0 Å². The summed E-state index contributed by atoms with van der Waals surface area (Å²) in [7, 11) is 0. The fourth-order valence-corrected chi connectivity index (χ4v) is 3.41. The predicted octanol–water partition coefficient (Wildman–Crippen LogP) is 3.88. The van der Waals surface area contributed by atoms with E-state index in [4.69, 9.17) is 4.74 Å². The summed E-state index contributed by atoms with van der Waals surface area (Å²) < 4.78 is 6.96. The number of Topliss-reactive ketones (excluding diaryl/α,β-unsaturated/α-hetero) is 1. The van der Waals surface area contributed by atoms with Gasteiger partial charge in [-0.15, -0.1) is 11.8 Å². The molecule has 4 nitrogen and oxygen atoms in total. The van der Waals surface area contributed by atoms with E-state index < -0.39 is 0 Å². The van der Waals surface area contributed by atoms with Crippen molar-refractivity contribution in [2.75, 3.05) is 18.1 Å². The summed E-state index contributed by atoms with van der Waals surface area (Å²) in [4.78, 5) is 23.8. The lowest BCUT2D eigenvalue weighted by Crippen LogP contribution is -2.10. The Morgan fingerprint density at radius 1 is 1.12 bits per heavy atom. The maximum Gasteiger partial charge on any atom is 0.315 e. The van der Waals surface area contributed by atoms with E-state index in [1.54, 1.807) is 6.92 Å². The molecule has 24 heavy (non-hydrogen) atoms. The van der Waals surface area contributed by atoms with Gasteiger partial charge >= 0.3 is 5.97 Å². The zero-order valence-corrected chi connectivity index (χ0v) is 15.4. The van der Waals surface area contributed by atoms with Crippen molar-refractivity contribution in [1.82, 2.24) is 4.57 Å². The second kappa shape index (κ2) is 8.20. The maximum atomic E-state index is 12.5. The van der Waals surface area contributed by atoms with Crippen LogP contribution in [-0.4, -0.2) is 34.4 Å². The molecule has 128 valence electrons. The predicted molar refractivity (Wildman–Crippen MR) is 98.3 cm³/mol. The second-order valence-corrected chi connectivity index (χ2v) is 6.67. The molecule has 1 aromatic carbocycles. The number of nitrogens with zero attached hydrogens (tertiary/aromatic N) is 1. The van der Waals surface area contributed by atoms with Crippen molar-refractivity contribution < 1.29 is 14.3 Å². The normalized spacial score (nSPS) is 10.7. The van der Waals surface area contributed by atoms with Gasteiger partial charge in [-0.05, 0) is 51.5 Å². The number of rotatable bonds is 7. The first-order chi connectivity index (χ1) is 11.4.